The van der Waals surface area contributed by atoms with Crippen LogP contribution in [0, 0.1) is 17.8 Å². The van der Waals surface area contributed by atoms with Crippen LogP contribution in [0.2, 0.25) is 0 Å². The van der Waals surface area contributed by atoms with Gasteiger partial charge in [0.15, 0.2) is 0 Å². The first-order valence-corrected chi connectivity index (χ1v) is 9.75. The van der Waals surface area contributed by atoms with Gasteiger partial charge in [0.25, 0.3) is 5.91 Å². The van der Waals surface area contributed by atoms with E-state index >= 15 is 0 Å². The van der Waals surface area contributed by atoms with Gasteiger partial charge < -0.3 is 15.6 Å². The van der Waals surface area contributed by atoms with Crippen LogP contribution in [0.4, 0.5) is 0 Å². The molecule has 5 heteroatoms. The van der Waals surface area contributed by atoms with Crippen molar-refractivity contribution in [3.63, 3.8) is 0 Å². The van der Waals surface area contributed by atoms with Crippen LogP contribution in [0.15, 0.2) is 30.3 Å². The van der Waals surface area contributed by atoms with Crippen LogP contribution in [0.1, 0.15) is 50.0 Å². The minimum Gasteiger partial charge on any atom is -0.353 e. The summed E-state index contributed by atoms with van der Waals surface area (Å²) < 4.78 is 0. The van der Waals surface area contributed by atoms with Crippen LogP contribution in [-0.2, 0) is 4.79 Å². The molecule has 5 atom stereocenters. The van der Waals surface area contributed by atoms with Gasteiger partial charge in [0.1, 0.15) is 5.69 Å². The number of hydrogen-bond donors (Lipinski definition) is 3. The van der Waals surface area contributed by atoms with Crippen molar-refractivity contribution in [1.82, 2.24) is 15.6 Å². The molecular formula is C21H27N3O2. The molecule has 2 amide bonds. The molecule has 3 N–H and O–H groups in total. The van der Waals surface area contributed by atoms with Crippen molar-refractivity contribution in [3.05, 3.63) is 36.0 Å². The van der Waals surface area contributed by atoms with Crippen LogP contribution in [-0.4, -0.2) is 28.9 Å². The number of H-pyrrole nitrogens is 1. The molecule has 26 heavy (non-hydrogen) atoms. The predicted octanol–water partition coefficient (Wildman–Crippen LogP) is 3.23. The molecule has 4 rings (SSSR count). The summed E-state index contributed by atoms with van der Waals surface area (Å²) in [7, 11) is 0. The quantitative estimate of drug-likeness (QED) is 0.792. The molecule has 2 aliphatic rings. The molecule has 0 spiro atoms. The predicted molar refractivity (Wildman–Crippen MR) is 102 cm³/mol. The molecule has 1 aliphatic heterocycles. The molecule has 5 nitrogen and oxygen atoms in total. The third kappa shape index (κ3) is 3.00. The second kappa shape index (κ2) is 6.78. The average molecular weight is 353 g/mol. The molecule has 0 bridgehead atoms. The Labute approximate surface area is 153 Å². The Hall–Kier alpha value is -2.30. The molecule has 2 heterocycles. The third-order valence-corrected chi connectivity index (χ3v) is 6.43. The summed E-state index contributed by atoms with van der Waals surface area (Å²) in [5.41, 5.74) is 1.57. The van der Waals surface area contributed by atoms with Gasteiger partial charge in [-0.15, -0.1) is 0 Å². The smallest absolute Gasteiger partial charge is 0.267 e. The molecule has 1 aromatic carbocycles. The number of piperidine rings is 1. The number of benzene rings is 1. The number of hydrogen-bond acceptors (Lipinski definition) is 2. The van der Waals surface area contributed by atoms with Gasteiger partial charge in [0.2, 0.25) is 5.91 Å². The van der Waals surface area contributed by atoms with E-state index in [1.807, 2.05) is 30.3 Å². The molecule has 138 valence electrons. The van der Waals surface area contributed by atoms with Crippen molar-refractivity contribution < 1.29 is 9.59 Å². The maximum atomic E-state index is 12.6. The van der Waals surface area contributed by atoms with Crippen molar-refractivity contribution in [3.8, 4) is 0 Å². The number of aromatic nitrogens is 1. The van der Waals surface area contributed by atoms with Gasteiger partial charge in [-0.05, 0) is 49.7 Å². The molecule has 1 aliphatic carbocycles. The molecule has 0 radical (unpaired) electrons. The second-order valence-corrected chi connectivity index (χ2v) is 7.91. The summed E-state index contributed by atoms with van der Waals surface area (Å²) in [6.45, 7) is 4.31. The Balaban J connectivity index is 1.42. The highest BCUT2D eigenvalue weighted by Crippen LogP contribution is 2.38. The minimum atomic E-state index is -0.0636. The molecule has 1 saturated carbocycles. The van der Waals surface area contributed by atoms with E-state index in [-0.39, 0.29) is 29.8 Å². The lowest BCUT2D eigenvalue weighted by Crippen LogP contribution is -2.58. The fraction of sp³-hybridized carbons (Fsp3) is 0.524. The van der Waals surface area contributed by atoms with E-state index < -0.39 is 0 Å². The zero-order valence-corrected chi connectivity index (χ0v) is 15.4. The zero-order chi connectivity index (χ0) is 18.3. The first-order valence-electron chi connectivity index (χ1n) is 9.75. The van der Waals surface area contributed by atoms with Crippen LogP contribution < -0.4 is 10.6 Å². The Morgan fingerprint density at radius 1 is 1.27 bits per heavy atom. The maximum Gasteiger partial charge on any atom is 0.267 e. The monoisotopic (exact) mass is 353 g/mol. The van der Waals surface area contributed by atoms with E-state index in [0.717, 1.165) is 36.6 Å². The van der Waals surface area contributed by atoms with Gasteiger partial charge in [-0.3, -0.25) is 9.59 Å². The van der Waals surface area contributed by atoms with E-state index in [1.165, 1.54) is 0 Å². The van der Waals surface area contributed by atoms with E-state index in [2.05, 4.69) is 29.5 Å². The molecule has 2 fully saturated rings. The van der Waals surface area contributed by atoms with Crippen molar-refractivity contribution in [2.75, 3.05) is 0 Å². The standard InChI is InChI=1S/C21H27N3O2/c1-3-15-12(2)16-9-8-14(11-18(16)24-20(15)25)22-21(26)19-10-13-6-4-5-7-17(13)23-19/h4-7,10,12,14-16,18,23H,3,8-9,11H2,1-2H3,(H,22,26)(H,24,25). The number of aromatic amines is 1. The number of nitrogens with one attached hydrogen (secondary N) is 3. The molecule has 1 aromatic heterocycles. The summed E-state index contributed by atoms with van der Waals surface area (Å²) in [6.07, 6.45) is 3.75. The van der Waals surface area contributed by atoms with Gasteiger partial charge in [-0.1, -0.05) is 32.0 Å². The third-order valence-electron chi connectivity index (χ3n) is 6.43. The molecule has 2 aromatic rings. The number of amides is 2. The van der Waals surface area contributed by atoms with Crippen LogP contribution in [0.5, 0.6) is 0 Å². The van der Waals surface area contributed by atoms with Gasteiger partial charge in [-0.2, -0.15) is 0 Å². The van der Waals surface area contributed by atoms with E-state index in [9.17, 15) is 9.59 Å². The molecular weight excluding hydrogens is 326 g/mol. The lowest BCUT2D eigenvalue weighted by molar-refractivity contribution is -0.133. The SMILES string of the molecule is CCC1C(=O)NC2CC(NC(=O)c3cc4ccccc4[nH]3)CCC2C1C. The van der Waals surface area contributed by atoms with Gasteiger partial charge in [-0.25, -0.2) is 0 Å². The molecule has 5 unspecified atom stereocenters. The van der Waals surface area contributed by atoms with Crippen molar-refractivity contribution in [1.29, 1.82) is 0 Å². The highest BCUT2D eigenvalue weighted by Gasteiger charge is 2.43. The number of fused-ring (bicyclic) bond motifs is 2. The topological polar surface area (TPSA) is 74.0 Å². The second-order valence-electron chi connectivity index (χ2n) is 7.91. The van der Waals surface area contributed by atoms with Gasteiger partial charge >= 0.3 is 0 Å². The lowest BCUT2D eigenvalue weighted by Gasteiger charge is -2.46. The average Bonchev–Trinajstić information content (AvgIpc) is 3.06. The number of carbonyl (C=O) groups is 2. The summed E-state index contributed by atoms with van der Waals surface area (Å²) in [6, 6.07) is 10.1. The Kier molecular flexibility index (Phi) is 4.47. The Morgan fingerprint density at radius 2 is 2.08 bits per heavy atom. The highest BCUT2D eigenvalue weighted by atomic mass is 16.2. The van der Waals surface area contributed by atoms with E-state index in [0.29, 0.717) is 17.5 Å². The number of rotatable bonds is 3. The Bertz CT molecular complexity index is 795. The first kappa shape index (κ1) is 17.1. The maximum absolute atomic E-state index is 12.6. The lowest BCUT2D eigenvalue weighted by atomic mass is 9.67. The van der Waals surface area contributed by atoms with Crippen molar-refractivity contribution >= 4 is 22.7 Å². The highest BCUT2D eigenvalue weighted by molar-refractivity contribution is 5.98. The summed E-state index contributed by atoms with van der Waals surface area (Å²) in [4.78, 5) is 28.2. The number of para-hydroxylation sites is 1. The molecule has 1 saturated heterocycles. The summed E-state index contributed by atoms with van der Waals surface area (Å²) in [5.74, 6) is 1.20. The largest absolute Gasteiger partial charge is 0.353 e. The van der Waals surface area contributed by atoms with Crippen LogP contribution >= 0.6 is 0 Å². The van der Waals surface area contributed by atoms with Gasteiger partial charge in [0, 0.05) is 28.9 Å². The fourth-order valence-corrected chi connectivity index (χ4v) is 4.96. The summed E-state index contributed by atoms with van der Waals surface area (Å²) in [5, 5.41) is 7.42. The van der Waals surface area contributed by atoms with Crippen LogP contribution in [0.25, 0.3) is 10.9 Å². The number of carbonyl (C=O) groups excluding carboxylic acids is 2. The fourth-order valence-electron chi connectivity index (χ4n) is 4.96. The van der Waals surface area contributed by atoms with Crippen molar-refractivity contribution in [2.24, 2.45) is 17.8 Å². The van der Waals surface area contributed by atoms with Gasteiger partial charge in [0.05, 0.1) is 0 Å². The summed E-state index contributed by atoms with van der Waals surface area (Å²) >= 11 is 0. The van der Waals surface area contributed by atoms with E-state index in [4.69, 9.17) is 0 Å². The first-order chi connectivity index (χ1) is 12.6. The van der Waals surface area contributed by atoms with Crippen molar-refractivity contribution in [2.45, 2.75) is 51.6 Å². The zero-order valence-electron chi connectivity index (χ0n) is 15.4. The van der Waals surface area contributed by atoms with Crippen LogP contribution in [0.3, 0.4) is 0 Å². The normalized spacial score (nSPS) is 31.3. The minimum absolute atomic E-state index is 0.0636. The Morgan fingerprint density at radius 3 is 2.85 bits per heavy atom. The van der Waals surface area contributed by atoms with E-state index in [1.54, 1.807) is 0 Å².